The van der Waals surface area contributed by atoms with Crippen LogP contribution in [0.4, 0.5) is 11.6 Å². The molecule has 35 heavy (non-hydrogen) atoms. The Morgan fingerprint density at radius 3 is 2.74 bits per heavy atom. The lowest BCUT2D eigenvalue weighted by Gasteiger charge is -2.16. The Kier molecular flexibility index (Phi) is 5.06. The fourth-order valence-corrected chi connectivity index (χ4v) is 4.60. The summed E-state index contributed by atoms with van der Waals surface area (Å²) in [5.74, 6) is 0.181. The van der Waals surface area contributed by atoms with Gasteiger partial charge in [-0.15, -0.1) is 0 Å². The molecule has 4 aromatic heterocycles. The molecule has 0 aliphatic carbocycles. The molecule has 4 aromatic rings. The predicted molar refractivity (Wildman–Crippen MR) is 125 cm³/mol. The first-order valence-corrected chi connectivity index (χ1v) is 11.6. The summed E-state index contributed by atoms with van der Waals surface area (Å²) in [6.07, 6.45) is 7.01. The zero-order chi connectivity index (χ0) is 24.0. The summed E-state index contributed by atoms with van der Waals surface area (Å²) in [5.41, 5.74) is 2.63. The van der Waals surface area contributed by atoms with E-state index < -0.39 is 11.5 Å². The van der Waals surface area contributed by atoms with Crippen LogP contribution in [0.1, 0.15) is 30.7 Å². The minimum absolute atomic E-state index is 0.118. The van der Waals surface area contributed by atoms with Crippen LogP contribution in [0.25, 0.3) is 22.8 Å². The van der Waals surface area contributed by atoms with E-state index in [1.54, 1.807) is 31.4 Å². The second-order valence-electron chi connectivity index (χ2n) is 8.90. The molecule has 0 aromatic carbocycles. The Balaban J connectivity index is 1.26. The van der Waals surface area contributed by atoms with Crippen LogP contribution in [-0.2, 0) is 23.4 Å². The number of amides is 1. The van der Waals surface area contributed by atoms with Crippen molar-refractivity contribution >= 4 is 17.5 Å². The smallest absolute Gasteiger partial charge is 0.262 e. The Labute approximate surface area is 200 Å². The van der Waals surface area contributed by atoms with Crippen molar-refractivity contribution in [2.24, 2.45) is 0 Å². The molecule has 6 heterocycles. The van der Waals surface area contributed by atoms with Crippen molar-refractivity contribution in [3.8, 4) is 22.8 Å². The maximum atomic E-state index is 12.4. The highest BCUT2D eigenvalue weighted by molar-refractivity contribution is 5.87. The summed E-state index contributed by atoms with van der Waals surface area (Å²) in [6, 6.07) is 8.84. The van der Waals surface area contributed by atoms with Crippen LogP contribution in [0.5, 0.6) is 0 Å². The third-order valence-corrected chi connectivity index (χ3v) is 6.59. The van der Waals surface area contributed by atoms with Gasteiger partial charge in [-0.05, 0) is 37.5 Å². The molecule has 1 atom stereocenters. The molecule has 11 heteroatoms. The average Bonchev–Trinajstić information content (AvgIpc) is 3.61. The highest BCUT2D eigenvalue weighted by Crippen LogP contribution is 2.34. The highest BCUT2D eigenvalue weighted by atomic mass is 16.5. The van der Waals surface area contributed by atoms with Gasteiger partial charge in [0, 0.05) is 38.8 Å². The van der Waals surface area contributed by atoms with Crippen molar-refractivity contribution in [1.29, 1.82) is 0 Å². The number of rotatable bonds is 5. The molecule has 1 fully saturated rings. The lowest BCUT2D eigenvalue weighted by Crippen LogP contribution is -2.35. The topological polar surface area (TPSA) is 135 Å². The van der Waals surface area contributed by atoms with Crippen molar-refractivity contribution in [3.63, 3.8) is 0 Å². The van der Waals surface area contributed by atoms with Gasteiger partial charge in [-0.2, -0.15) is 5.10 Å². The minimum Gasteiger partial charge on any atom is -0.373 e. The fourth-order valence-electron chi connectivity index (χ4n) is 4.60. The van der Waals surface area contributed by atoms with Gasteiger partial charge >= 0.3 is 0 Å². The van der Waals surface area contributed by atoms with E-state index in [0.717, 1.165) is 31.5 Å². The minimum atomic E-state index is -1.70. The standard InChI is InChI=1S/C24H24N8O3/c1-31-12-9-24(34,22(31)33)21-13-18(30-35-21)16-6-4-5-15(27-16)17-8-10-25-23(28-17)29-19-14-26-32-11-3-2-7-20(19)32/h4-6,8,10,13-14,34H,2-3,7,9,11-12H2,1H3,(H,25,28,29)/t24-/m1/s1. The Morgan fingerprint density at radius 1 is 1.09 bits per heavy atom. The third kappa shape index (κ3) is 3.73. The molecule has 6 rings (SSSR count). The maximum Gasteiger partial charge on any atom is 0.262 e. The van der Waals surface area contributed by atoms with Gasteiger partial charge in [0.05, 0.1) is 34.7 Å². The van der Waals surface area contributed by atoms with Crippen molar-refractivity contribution in [2.75, 3.05) is 18.9 Å². The molecular formula is C24H24N8O3. The number of pyridine rings is 1. The van der Waals surface area contributed by atoms with Crippen molar-refractivity contribution in [1.82, 2.24) is 34.8 Å². The molecule has 2 N–H and O–H groups in total. The predicted octanol–water partition coefficient (Wildman–Crippen LogP) is 2.52. The van der Waals surface area contributed by atoms with E-state index in [1.807, 2.05) is 23.0 Å². The largest absolute Gasteiger partial charge is 0.373 e. The fraction of sp³-hybridized carbons (Fsp3) is 0.333. The van der Waals surface area contributed by atoms with Gasteiger partial charge in [0.25, 0.3) is 5.91 Å². The molecule has 0 bridgehead atoms. The van der Waals surface area contributed by atoms with Crippen LogP contribution in [-0.4, -0.2) is 59.4 Å². The van der Waals surface area contributed by atoms with Gasteiger partial charge in [0.2, 0.25) is 11.5 Å². The molecule has 1 amide bonds. The van der Waals surface area contributed by atoms with E-state index in [4.69, 9.17) is 4.52 Å². The quantitative estimate of drug-likeness (QED) is 0.449. The Bertz CT molecular complexity index is 1410. The van der Waals surface area contributed by atoms with Crippen molar-refractivity contribution < 1.29 is 14.4 Å². The summed E-state index contributed by atoms with van der Waals surface area (Å²) in [6.45, 7) is 1.38. The maximum absolute atomic E-state index is 12.4. The summed E-state index contributed by atoms with van der Waals surface area (Å²) >= 11 is 0. The van der Waals surface area contributed by atoms with Gasteiger partial charge in [-0.1, -0.05) is 11.2 Å². The monoisotopic (exact) mass is 472 g/mol. The molecule has 1 saturated heterocycles. The summed E-state index contributed by atoms with van der Waals surface area (Å²) < 4.78 is 7.39. The number of nitrogens with one attached hydrogen (secondary N) is 1. The average molecular weight is 473 g/mol. The van der Waals surface area contributed by atoms with Crippen LogP contribution >= 0.6 is 0 Å². The number of carbonyl (C=O) groups excluding carboxylic acids is 1. The van der Waals surface area contributed by atoms with Crippen LogP contribution in [0.15, 0.2) is 47.2 Å². The number of carbonyl (C=O) groups is 1. The van der Waals surface area contributed by atoms with Crippen LogP contribution in [0.2, 0.25) is 0 Å². The zero-order valence-electron chi connectivity index (χ0n) is 19.2. The summed E-state index contributed by atoms with van der Waals surface area (Å²) in [4.78, 5) is 27.5. The molecule has 178 valence electrons. The number of hydrogen-bond acceptors (Lipinski definition) is 9. The van der Waals surface area contributed by atoms with Crippen molar-refractivity contribution in [3.05, 3.63) is 54.2 Å². The number of aliphatic hydroxyl groups is 1. The third-order valence-electron chi connectivity index (χ3n) is 6.59. The number of likely N-dealkylation sites (N-methyl/N-ethyl adjacent to an activating group) is 1. The molecule has 0 spiro atoms. The second kappa shape index (κ2) is 8.27. The normalized spacial score (nSPS) is 19.7. The first kappa shape index (κ1) is 21.4. The Morgan fingerprint density at radius 2 is 1.91 bits per heavy atom. The van der Waals surface area contributed by atoms with E-state index in [9.17, 15) is 9.90 Å². The number of aromatic nitrogens is 6. The first-order chi connectivity index (χ1) is 17.0. The van der Waals surface area contributed by atoms with Gasteiger partial charge in [-0.3, -0.25) is 9.48 Å². The van der Waals surface area contributed by atoms with E-state index in [-0.39, 0.29) is 12.2 Å². The second-order valence-corrected chi connectivity index (χ2v) is 8.90. The van der Waals surface area contributed by atoms with Crippen LogP contribution in [0.3, 0.4) is 0 Å². The molecule has 0 unspecified atom stereocenters. The summed E-state index contributed by atoms with van der Waals surface area (Å²) in [7, 11) is 1.65. The Hall–Kier alpha value is -4.12. The molecular weight excluding hydrogens is 448 g/mol. The number of hydrogen-bond donors (Lipinski definition) is 2. The first-order valence-electron chi connectivity index (χ1n) is 11.6. The highest BCUT2D eigenvalue weighted by Gasteiger charge is 2.48. The van der Waals surface area contributed by atoms with Crippen molar-refractivity contribution in [2.45, 2.75) is 37.8 Å². The lowest BCUT2D eigenvalue weighted by molar-refractivity contribution is -0.144. The van der Waals surface area contributed by atoms with Crippen LogP contribution in [0, 0.1) is 0 Å². The zero-order valence-corrected chi connectivity index (χ0v) is 19.2. The van der Waals surface area contributed by atoms with E-state index >= 15 is 0 Å². The molecule has 0 saturated carbocycles. The SMILES string of the molecule is CN1CC[C@@](O)(c2cc(-c3cccc(-c4ccnc(Nc5cnn6c5CCCC6)n4)n3)no2)C1=O. The van der Waals surface area contributed by atoms with E-state index in [1.165, 1.54) is 10.6 Å². The van der Waals surface area contributed by atoms with Crippen LogP contribution < -0.4 is 5.32 Å². The van der Waals surface area contributed by atoms with E-state index in [2.05, 4.69) is 30.5 Å². The number of aryl methyl sites for hydroxylation is 1. The van der Waals surface area contributed by atoms with Gasteiger partial charge in [0.15, 0.2) is 5.76 Å². The number of fused-ring (bicyclic) bond motifs is 1. The van der Waals surface area contributed by atoms with Gasteiger partial charge in [0.1, 0.15) is 5.69 Å². The molecule has 2 aliphatic rings. The van der Waals surface area contributed by atoms with E-state index in [0.29, 0.717) is 35.3 Å². The molecule has 11 nitrogen and oxygen atoms in total. The molecule has 2 aliphatic heterocycles. The van der Waals surface area contributed by atoms with Gasteiger partial charge in [-0.25, -0.2) is 15.0 Å². The summed E-state index contributed by atoms with van der Waals surface area (Å²) in [5, 5.41) is 22.6. The number of likely N-dealkylation sites (tertiary alicyclic amines) is 1. The lowest BCUT2D eigenvalue weighted by atomic mass is 9.98. The number of anilines is 2. The number of nitrogens with zero attached hydrogens (tertiary/aromatic N) is 7. The molecule has 0 radical (unpaired) electrons. The van der Waals surface area contributed by atoms with Gasteiger partial charge < -0.3 is 19.8 Å².